The number of rotatable bonds is 6. The predicted octanol–water partition coefficient (Wildman–Crippen LogP) is 4.74. The molecule has 3 aliphatic carbocycles. The first-order valence-electron chi connectivity index (χ1n) is 13.5. The Kier molecular flexibility index (Phi) is 6.33. The molecule has 1 fully saturated rings. The molecule has 3 atom stereocenters. The number of ketones is 2. The van der Waals surface area contributed by atoms with Crippen LogP contribution in [0.1, 0.15) is 41.7 Å². The third kappa shape index (κ3) is 4.20. The second-order valence-corrected chi connectivity index (χ2v) is 10.8. The summed E-state index contributed by atoms with van der Waals surface area (Å²) in [7, 11) is 0. The quantitative estimate of drug-likeness (QED) is 0.330. The Morgan fingerprint density at radius 1 is 0.950 bits per heavy atom. The Morgan fingerprint density at radius 3 is 2.48 bits per heavy atom. The van der Waals surface area contributed by atoms with E-state index in [0.717, 1.165) is 25.0 Å². The van der Waals surface area contributed by atoms with Crippen LogP contribution in [-0.2, 0) is 33.6 Å². The average molecular weight is 540 g/mol. The van der Waals surface area contributed by atoms with E-state index in [1.165, 1.54) is 11.6 Å². The van der Waals surface area contributed by atoms with Crippen LogP contribution in [0.25, 0.3) is 17.1 Å². The number of allylic oxidation sites excluding steroid dienone is 2. The van der Waals surface area contributed by atoms with E-state index in [1.807, 2.05) is 30.3 Å². The third-order valence-corrected chi connectivity index (χ3v) is 8.43. The van der Waals surface area contributed by atoms with E-state index < -0.39 is 46.6 Å². The molecule has 5 N–H and O–H groups in total. The van der Waals surface area contributed by atoms with Crippen molar-refractivity contribution < 1.29 is 34.1 Å². The first-order valence-corrected chi connectivity index (χ1v) is 13.5. The Labute approximate surface area is 230 Å². The number of phenols is 1. The Morgan fingerprint density at radius 2 is 1.73 bits per heavy atom. The Balaban J connectivity index is 1.32. The Hall–Kier alpha value is -4.59. The number of aromatic hydroxyl groups is 1. The number of primary amides is 1. The maximum Gasteiger partial charge on any atom is 0.255 e. The number of carbonyl (C=O) groups excluding carboxylic acids is 3. The molecule has 1 aromatic heterocycles. The minimum Gasteiger partial charge on any atom is -0.511 e. The highest BCUT2D eigenvalue weighted by atomic mass is 16.3. The first-order chi connectivity index (χ1) is 19.2. The van der Waals surface area contributed by atoms with Crippen LogP contribution >= 0.6 is 0 Å². The molecular weight excluding hydrogens is 510 g/mol. The normalized spacial score (nSPS) is 22.1. The molecule has 6 rings (SSSR count). The van der Waals surface area contributed by atoms with Crippen LogP contribution in [0, 0.1) is 17.8 Å². The van der Waals surface area contributed by atoms with Gasteiger partial charge in [-0.3, -0.25) is 14.4 Å². The highest BCUT2D eigenvalue weighted by Crippen LogP contribution is 2.51. The largest absolute Gasteiger partial charge is 0.511 e. The molecule has 0 bridgehead atoms. The summed E-state index contributed by atoms with van der Waals surface area (Å²) >= 11 is 0. The number of aliphatic hydroxyl groups is 2. The van der Waals surface area contributed by atoms with Crippen molar-refractivity contribution in [2.75, 3.05) is 0 Å². The van der Waals surface area contributed by atoms with Crippen molar-refractivity contribution in [3.05, 3.63) is 94.0 Å². The van der Waals surface area contributed by atoms with Crippen LogP contribution < -0.4 is 5.73 Å². The molecule has 0 aliphatic heterocycles. The van der Waals surface area contributed by atoms with Gasteiger partial charge in [0.05, 0.1) is 11.5 Å². The molecule has 8 nitrogen and oxygen atoms in total. The SMILES string of the molecule is NC(=O)C1=C(O)C2C(=O)C3=C(O)c4c(O)ccc(-c5ccc(CCCc6ccccc6)o5)c4CC3CC2CC1=O. The van der Waals surface area contributed by atoms with Crippen LogP contribution in [0.5, 0.6) is 5.75 Å². The Bertz CT molecular complexity index is 1610. The summed E-state index contributed by atoms with van der Waals surface area (Å²) in [5.74, 6) is -4.04. The fraction of sp³-hybridized carbons (Fsp3) is 0.281. The van der Waals surface area contributed by atoms with Gasteiger partial charge in [-0.25, -0.2) is 0 Å². The van der Waals surface area contributed by atoms with Crippen molar-refractivity contribution in [1.29, 1.82) is 0 Å². The van der Waals surface area contributed by atoms with Crippen LogP contribution in [0.3, 0.4) is 0 Å². The summed E-state index contributed by atoms with van der Waals surface area (Å²) in [6.07, 6.45) is 3.19. The topological polar surface area (TPSA) is 151 Å². The summed E-state index contributed by atoms with van der Waals surface area (Å²) in [4.78, 5) is 37.9. The molecule has 204 valence electrons. The average Bonchev–Trinajstić information content (AvgIpc) is 3.37. The zero-order valence-electron chi connectivity index (χ0n) is 21.7. The zero-order valence-corrected chi connectivity index (χ0v) is 21.7. The van der Waals surface area contributed by atoms with Gasteiger partial charge in [-0.2, -0.15) is 0 Å². The van der Waals surface area contributed by atoms with Crippen LogP contribution in [0.4, 0.5) is 0 Å². The second-order valence-electron chi connectivity index (χ2n) is 10.8. The molecule has 1 heterocycles. The van der Waals surface area contributed by atoms with E-state index in [4.69, 9.17) is 10.2 Å². The molecular formula is C32H29NO7. The lowest BCUT2D eigenvalue weighted by Crippen LogP contribution is -2.44. The molecule has 3 aromatic rings. The van der Waals surface area contributed by atoms with E-state index in [0.29, 0.717) is 29.7 Å². The molecule has 2 aromatic carbocycles. The maximum absolute atomic E-state index is 13.6. The molecule has 40 heavy (non-hydrogen) atoms. The monoisotopic (exact) mass is 539 g/mol. The van der Waals surface area contributed by atoms with Crippen molar-refractivity contribution in [3.63, 3.8) is 0 Å². The smallest absolute Gasteiger partial charge is 0.255 e. The number of Topliss-reactive ketones (excluding diaryl/α,β-unsaturated/α-hetero) is 2. The van der Waals surface area contributed by atoms with Crippen LogP contribution in [0.15, 0.2) is 75.9 Å². The molecule has 1 saturated carbocycles. The molecule has 8 heteroatoms. The standard InChI is InChI=1S/C32H29NO7/c33-32(39)28-23(35)15-18-13-17-14-21-20(24-12-9-19(40-24)8-4-7-16-5-2-1-3-6-16)10-11-22(34)27(21)30(37)25(17)29(36)26(18)31(28)38/h1-3,5-6,9-12,17-18,26,34,37-38H,4,7-8,13-15H2,(H2,33,39). The van der Waals surface area contributed by atoms with Crippen LogP contribution in [-0.4, -0.2) is 32.8 Å². The number of carbonyl (C=O) groups is 3. The van der Waals surface area contributed by atoms with Gasteiger partial charge in [0, 0.05) is 24.0 Å². The summed E-state index contributed by atoms with van der Waals surface area (Å²) < 4.78 is 6.18. The van der Waals surface area contributed by atoms with Gasteiger partial charge in [0.25, 0.3) is 5.91 Å². The maximum atomic E-state index is 13.6. The van der Waals surface area contributed by atoms with Gasteiger partial charge in [0.15, 0.2) is 11.6 Å². The van der Waals surface area contributed by atoms with Crippen molar-refractivity contribution >= 4 is 23.2 Å². The number of aryl methyl sites for hydroxylation is 2. The van der Waals surface area contributed by atoms with Gasteiger partial charge in [0.2, 0.25) is 0 Å². The van der Waals surface area contributed by atoms with E-state index in [1.54, 1.807) is 6.07 Å². The molecule has 0 saturated heterocycles. The third-order valence-electron chi connectivity index (χ3n) is 8.43. The molecule has 3 unspecified atom stereocenters. The first kappa shape index (κ1) is 25.7. The number of fused-ring (bicyclic) bond motifs is 3. The fourth-order valence-electron chi connectivity index (χ4n) is 6.64. The lowest BCUT2D eigenvalue weighted by molar-refractivity contribution is -0.127. The lowest BCUT2D eigenvalue weighted by atomic mass is 9.61. The van der Waals surface area contributed by atoms with E-state index >= 15 is 0 Å². The summed E-state index contributed by atoms with van der Waals surface area (Å²) in [5.41, 5.74) is 7.62. The number of amides is 1. The van der Waals surface area contributed by atoms with Gasteiger partial charge < -0.3 is 25.5 Å². The minimum atomic E-state index is -1.14. The number of nitrogens with two attached hydrogens (primary N) is 1. The highest BCUT2D eigenvalue weighted by Gasteiger charge is 2.51. The summed E-state index contributed by atoms with van der Waals surface area (Å²) in [6, 6.07) is 17.2. The molecule has 3 aliphatic rings. The second kappa shape index (κ2) is 9.86. The van der Waals surface area contributed by atoms with Crippen molar-refractivity contribution in [2.45, 2.75) is 38.5 Å². The van der Waals surface area contributed by atoms with Crippen LogP contribution in [0.2, 0.25) is 0 Å². The van der Waals surface area contributed by atoms with Crippen molar-refractivity contribution in [2.24, 2.45) is 23.5 Å². The molecule has 0 spiro atoms. The molecule has 1 amide bonds. The highest BCUT2D eigenvalue weighted by molar-refractivity contribution is 6.21. The number of phenolic OH excluding ortho intramolecular Hbond substituents is 1. The van der Waals surface area contributed by atoms with Gasteiger partial charge in [0.1, 0.15) is 34.4 Å². The number of hydrogen-bond acceptors (Lipinski definition) is 7. The summed E-state index contributed by atoms with van der Waals surface area (Å²) in [6.45, 7) is 0. The van der Waals surface area contributed by atoms with Gasteiger partial charge >= 0.3 is 0 Å². The van der Waals surface area contributed by atoms with E-state index in [-0.39, 0.29) is 29.1 Å². The van der Waals surface area contributed by atoms with E-state index in [9.17, 15) is 29.7 Å². The number of furan rings is 1. The number of benzene rings is 2. The van der Waals surface area contributed by atoms with Gasteiger partial charge in [-0.1, -0.05) is 30.3 Å². The molecule has 0 radical (unpaired) electrons. The van der Waals surface area contributed by atoms with E-state index in [2.05, 4.69) is 12.1 Å². The zero-order chi connectivity index (χ0) is 28.1. The van der Waals surface area contributed by atoms with Crippen molar-refractivity contribution in [3.8, 4) is 17.1 Å². The predicted molar refractivity (Wildman–Crippen MR) is 146 cm³/mol. The fourth-order valence-corrected chi connectivity index (χ4v) is 6.64. The number of hydrogen-bond donors (Lipinski definition) is 4. The van der Waals surface area contributed by atoms with Gasteiger partial charge in [-0.15, -0.1) is 0 Å². The summed E-state index contributed by atoms with van der Waals surface area (Å²) in [5, 5.41) is 32.8. The van der Waals surface area contributed by atoms with Gasteiger partial charge in [-0.05, 0) is 72.9 Å². The van der Waals surface area contributed by atoms with Crippen molar-refractivity contribution in [1.82, 2.24) is 0 Å². The minimum absolute atomic E-state index is 0.0897. The number of aliphatic hydroxyl groups excluding tert-OH is 2. The lowest BCUT2D eigenvalue weighted by Gasteiger charge is -2.41.